The van der Waals surface area contributed by atoms with Gasteiger partial charge in [0.05, 0.1) is 7.11 Å². The van der Waals surface area contributed by atoms with Crippen LogP contribution in [0.5, 0.6) is 0 Å². The lowest BCUT2D eigenvalue weighted by molar-refractivity contribution is -0.150. The molecular formula is C17H25NO2. The van der Waals surface area contributed by atoms with E-state index in [9.17, 15) is 4.79 Å². The van der Waals surface area contributed by atoms with Crippen LogP contribution in [0.3, 0.4) is 0 Å². The molecule has 1 fully saturated rings. The lowest BCUT2D eigenvalue weighted by Crippen LogP contribution is -2.56. The first-order valence-corrected chi connectivity index (χ1v) is 7.48. The maximum Gasteiger partial charge on any atom is 0.326 e. The molecule has 3 nitrogen and oxygen atoms in total. The minimum atomic E-state index is -0.492. The third kappa shape index (κ3) is 3.21. The Hall–Kier alpha value is -1.35. The summed E-state index contributed by atoms with van der Waals surface area (Å²) in [5.74, 6) is 0.445. The molecule has 0 heterocycles. The molecule has 1 aromatic carbocycles. The van der Waals surface area contributed by atoms with E-state index in [4.69, 9.17) is 4.74 Å². The number of carbonyl (C=O) groups excluding carboxylic acids is 1. The predicted molar refractivity (Wildman–Crippen MR) is 80.7 cm³/mol. The van der Waals surface area contributed by atoms with Gasteiger partial charge < -0.3 is 4.74 Å². The van der Waals surface area contributed by atoms with E-state index in [1.54, 1.807) is 0 Å². The molecule has 1 N–H and O–H groups in total. The molecule has 0 radical (unpaired) electrons. The predicted octanol–water partition coefficient (Wildman–Crippen LogP) is 3.25. The summed E-state index contributed by atoms with van der Waals surface area (Å²) in [6.07, 6.45) is 3.74. The highest BCUT2D eigenvalue weighted by Gasteiger charge is 2.43. The second kappa shape index (κ2) is 6.40. The molecule has 0 unspecified atom stereocenters. The second-order valence-corrected chi connectivity index (χ2v) is 6.06. The third-order valence-electron chi connectivity index (χ3n) is 4.25. The number of ether oxygens (including phenoxy) is 1. The number of benzene rings is 1. The van der Waals surface area contributed by atoms with Crippen LogP contribution >= 0.6 is 0 Å². The fraction of sp³-hybridized carbons (Fsp3) is 0.588. The van der Waals surface area contributed by atoms with E-state index in [0.717, 1.165) is 25.7 Å². The van der Waals surface area contributed by atoms with Crippen molar-refractivity contribution in [1.82, 2.24) is 5.32 Å². The van der Waals surface area contributed by atoms with E-state index in [1.807, 2.05) is 6.07 Å². The largest absolute Gasteiger partial charge is 0.468 e. The van der Waals surface area contributed by atoms with Gasteiger partial charge in [0.15, 0.2) is 0 Å². The molecule has 1 aromatic rings. The molecule has 20 heavy (non-hydrogen) atoms. The Balaban J connectivity index is 2.08. The summed E-state index contributed by atoms with van der Waals surface area (Å²) in [6.45, 7) is 4.15. The van der Waals surface area contributed by atoms with Crippen molar-refractivity contribution in [2.75, 3.05) is 7.11 Å². The Bertz CT molecular complexity index is 434. The molecule has 1 aliphatic rings. The summed E-state index contributed by atoms with van der Waals surface area (Å²) in [4.78, 5) is 12.2. The van der Waals surface area contributed by atoms with E-state index in [-0.39, 0.29) is 12.0 Å². The molecule has 110 valence electrons. The van der Waals surface area contributed by atoms with Crippen molar-refractivity contribution in [3.8, 4) is 0 Å². The molecule has 0 aliphatic heterocycles. The van der Waals surface area contributed by atoms with Crippen molar-refractivity contribution in [1.29, 1.82) is 0 Å². The maximum atomic E-state index is 12.2. The third-order valence-corrected chi connectivity index (χ3v) is 4.25. The van der Waals surface area contributed by atoms with Crippen LogP contribution in [0, 0.1) is 0 Å². The SMILES string of the molecule is COC(=O)C1(NC(C)C)CCC(c2ccccc2)CC1. The molecule has 1 saturated carbocycles. The second-order valence-electron chi connectivity index (χ2n) is 6.06. The number of hydrogen-bond acceptors (Lipinski definition) is 3. The fourth-order valence-electron chi connectivity index (χ4n) is 3.32. The summed E-state index contributed by atoms with van der Waals surface area (Å²) in [5, 5.41) is 3.44. The van der Waals surface area contributed by atoms with Crippen molar-refractivity contribution in [3.63, 3.8) is 0 Å². The first kappa shape index (κ1) is 15.0. The van der Waals surface area contributed by atoms with E-state index in [2.05, 4.69) is 43.4 Å². The van der Waals surface area contributed by atoms with Crippen LogP contribution in [0.4, 0.5) is 0 Å². The van der Waals surface area contributed by atoms with Crippen molar-refractivity contribution in [2.24, 2.45) is 0 Å². The van der Waals surface area contributed by atoms with Gasteiger partial charge in [-0.3, -0.25) is 10.1 Å². The zero-order valence-electron chi connectivity index (χ0n) is 12.7. The average molecular weight is 275 g/mol. The molecular weight excluding hydrogens is 250 g/mol. The molecule has 1 aliphatic carbocycles. The van der Waals surface area contributed by atoms with Gasteiger partial charge in [-0.05, 0) is 51.0 Å². The number of nitrogens with one attached hydrogen (secondary N) is 1. The fourth-order valence-corrected chi connectivity index (χ4v) is 3.32. The van der Waals surface area contributed by atoms with Crippen molar-refractivity contribution in [3.05, 3.63) is 35.9 Å². The zero-order chi connectivity index (χ0) is 14.6. The summed E-state index contributed by atoms with van der Waals surface area (Å²) in [6, 6.07) is 10.9. The van der Waals surface area contributed by atoms with E-state index < -0.39 is 5.54 Å². The lowest BCUT2D eigenvalue weighted by Gasteiger charge is -2.40. The van der Waals surface area contributed by atoms with E-state index >= 15 is 0 Å². The van der Waals surface area contributed by atoms with E-state index in [1.165, 1.54) is 12.7 Å². The summed E-state index contributed by atoms with van der Waals surface area (Å²) >= 11 is 0. The molecule has 0 saturated heterocycles. The topological polar surface area (TPSA) is 38.3 Å². The molecule has 0 atom stereocenters. The monoisotopic (exact) mass is 275 g/mol. The highest BCUT2D eigenvalue weighted by molar-refractivity contribution is 5.81. The Morgan fingerprint density at radius 3 is 2.35 bits per heavy atom. The Kier molecular flexibility index (Phi) is 4.81. The van der Waals surface area contributed by atoms with Crippen LogP contribution in [0.15, 0.2) is 30.3 Å². The van der Waals surface area contributed by atoms with E-state index in [0.29, 0.717) is 5.92 Å². The van der Waals surface area contributed by atoms with Gasteiger partial charge in [-0.2, -0.15) is 0 Å². The smallest absolute Gasteiger partial charge is 0.326 e. The summed E-state index contributed by atoms with van der Waals surface area (Å²) in [7, 11) is 1.48. The maximum absolute atomic E-state index is 12.2. The number of carbonyl (C=O) groups is 1. The highest BCUT2D eigenvalue weighted by Crippen LogP contribution is 2.38. The minimum absolute atomic E-state index is 0.113. The molecule has 0 spiro atoms. The number of esters is 1. The normalized spacial score (nSPS) is 26.5. The summed E-state index contributed by atoms with van der Waals surface area (Å²) < 4.78 is 5.03. The minimum Gasteiger partial charge on any atom is -0.468 e. The Morgan fingerprint density at radius 1 is 1.25 bits per heavy atom. The molecule has 3 heteroatoms. The first-order valence-electron chi connectivity index (χ1n) is 7.48. The average Bonchev–Trinajstić information content (AvgIpc) is 2.47. The van der Waals surface area contributed by atoms with Gasteiger partial charge in [0, 0.05) is 6.04 Å². The van der Waals surface area contributed by atoms with Crippen molar-refractivity contribution >= 4 is 5.97 Å². The van der Waals surface area contributed by atoms with Crippen LogP contribution in [0.1, 0.15) is 51.0 Å². The van der Waals surface area contributed by atoms with Gasteiger partial charge in [-0.1, -0.05) is 30.3 Å². The van der Waals surface area contributed by atoms with Crippen molar-refractivity contribution in [2.45, 2.75) is 57.0 Å². The number of rotatable bonds is 4. The van der Waals surface area contributed by atoms with Gasteiger partial charge >= 0.3 is 5.97 Å². The standard InChI is InChI=1S/C17H25NO2/c1-13(2)18-17(16(19)20-3)11-9-15(10-12-17)14-7-5-4-6-8-14/h4-8,13,15,18H,9-12H2,1-3H3. The van der Waals surface area contributed by atoms with Gasteiger partial charge in [0.2, 0.25) is 0 Å². The van der Waals surface area contributed by atoms with Gasteiger partial charge in [0.1, 0.15) is 5.54 Å². The van der Waals surface area contributed by atoms with Crippen LogP contribution < -0.4 is 5.32 Å². The zero-order valence-corrected chi connectivity index (χ0v) is 12.7. The molecule has 0 amide bonds. The Morgan fingerprint density at radius 2 is 1.85 bits per heavy atom. The number of methoxy groups -OCH3 is 1. The van der Waals surface area contributed by atoms with Gasteiger partial charge in [-0.25, -0.2) is 0 Å². The van der Waals surface area contributed by atoms with Crippen LogP contribution in [-0.4, -0.2) is 24.7 Å². The highest BCUT2D eigenvalue weighted by atomic mass is 16.5. The molecule has 0 bridgehead atoms. The molecule has 0 aromatic heterocycles. The van der Waals surface area contributed by atoms with Crippen LogP contribution in [0.2, 0.25) is 0 Å². The Labute approximate surface area is 121 Å². The quantitative estimate of drug-likeness (QED) is 0.857. The van der Waals surface area contributed by atoms with Crippen molar-refractivity contribution < 1.29 is 9.53 Å². The summed E-state index contributed by atoms with van der Waals surface area (Å²) in [5.41, 5.74) is 0.893. The van der Waals surface area contributed by atoms with Gasteiger partial charge in [0.25, 0.3) is 0 Å². The van der Waals surface area contributed by atoms with Gasteiger partial charge in [-0.15, -0.1) is 0 Å². The van der Waals surface area contributed by atoms with Crippen LogP contribution in [0.25, 0.3) is 0 Å². The molecule has 2 rings (SSSR count). The first-order chi connectivity index (χ1) is 9.57. The number of hydrogen-bond donors (Lipinski definition) is 1. The lowest BCUT2D eigenvalue weighted by atomic mass is 9.74. The van der Waals surface area contributed by atoms with Crippen LogP contribution in [-0.2, 0) is 9.53 Å².